The smallest absolute Gasteiger partial charge is 0.229 e. The molecule has 4 heteroatoms. The second-order valence-corrected chi connectivity index (χ2v) is 5.93. The molecule has 1 fully saturated rings. The van der Waals surface area contributed by atoms with E-state index in [4.69, 9.17) is 10.3 Å². The predicted molar refractivity (Wildman–Crippen MR) is 71.2 cm³/mol. The van der Waals surface area contributed by atoms with Gasteiger partial charge < -0.3 is 10.3 Å². The molecule has 18 heavy (non-hydrogen) atoms. The summed E-state index contributed by atoms with van der Waals surface area (Å²) >= 11 is 0. The molecule has 0 unspecified atom stereocenters. The molecule has 0 amide bonds. The summed E-state index contributed by atoms with van der Waals surface area (Å²) in [5, 5.41) is 4.09. The zero-order valence-electron chi connectivity index (χ0n) is 11.6. The third-order valence-corrected chi connectivity index (χ3v) is 3.96. The Balaban J connectivity index is 1.86. The lowest BCUT2D eigenvalue weighted by molar-refractivity contribution is 0.274. The van der Waals surface area contributed by atoms with E-state index in [0.717, 1.165) is 43.9 Å². The summed E-state index contributed by atoms with van der Waals surface area (Å²) in [5.74, 6) is 3.58. The Morgan fingerprint density at radius 1 is 1.28 bits per heavy atom. The lowest BCUT2D eigenvalue weighted by atomic mass is 9.82. The minimum Gasteiger partial charge on any atom is -0.339 e. The summed E-state index contributed by atoms with van der Waals surface area (Å²) < 4.78 is 5.41. The maximum Gasteiger partial charge on any atom is 0.229 e. The van der Waals surface area contributed by atoms with Crippen LogP contribution in [0.4, 0.5) is 0 Å². The minimum atomic E-state index is 0.466. The molecule has 2 rings (SSSR count). The number of aromatic nitrogens is 2. The van der Waals surface area contributed by atoms with E-state index in [0.29, 0.717) is 17.8 Å². The highest BCUT2D eigenvalue weighted by atomic mass is 16.5. The molecule has 1 aromatic heterocycles. The highest BCUT2D eigenvalue weighted by Gasteiger charge is 2.25. The summed E-state index contributed by atoms with van der Waals surface area (Å²) in [6.07, 6.45) is 6.75. The Morgan fingerprint density at radius 2 is 2.00 bits per heavy atom. The average Bonchev–Trinajstić information content (AvgIpc) is 2.85. The van der Waals surface area contributed by atoms with Gasteiger partial charge in [0.25, 0.3) is 0 Å². The van der Waals surface area contributed by atoms with Crippen LogP contribution in [0, 0.1) is 11.8 Å². The van der Waals surface area contributed by atoms with Crippen LogP contribution in [0.15, 0.2) is 4.52 Å². The van der Waals surface area contributed by atoms with Crippen molar-refractivity contribution >= 4 is 0 Å². The van der Waals surface area contributed by atoms with Crippen LogP contribution in [0.25, 0.3) is 0 Å². The Bertz CT molecular complexity index is 354. The van der Waals surface area contributed by atoms with Crippen molar-refractivity contribution in [2.75, 3.05) is 6.54 Å². The van der Waals surface area contributed by atoms with Gasteiger partial charge in [-0.2, -0.15) is 4.98 Å². The van der Waals surface area contributed by atoms with Gasteiger partial charge in [-0.15, -0.1) is 0 Å². The van der Waals surface area contributed by atoms with Crippen LogP contribution < -0.4 is 5.73 Å². The van der Waals surface area contributed by atoms with Crippen molar-refractivity contribution in [1.29, 1.82) is 0 Å². The predicted octanol–water partition coefficient (Wildman–Crippen LogP) is 2.89. The van der Waals surface area contributed by atoms with E-state index in [1.165, 1.54) is 12.8 Å². The Labute approximate surface area is 109 Å². The molecular weight excluding hydrogens is 226 g/mol. The number of rotatable bonds is 5. The second kappa shape index (κ2) is 6.32. The van der Waals surface area contributed by atoms with Crippen LogP contribution in [0.3, 0.4) is 0 Å². The normalized spacial score (nSPS) is 24.7. The highest BCUT2D eigenvalue weighted by Crippen LogP contribution is 2.34. The molecule has 2 N–H and O–H groups in total. The van der Waals surface area contributed by atoms with E-state index in [-0.39, 0.29) is 0 Å². The molecule has 1 saturated carbocycles. The van der Waals surface area contributed by atoms with E-state index in [1.807, 2.05) is 0 Å². The first-order valence-electron chi connectivity index (χ1n) is 7.21. The molecule has 1 heterocycles. The van der Waals surface area contributed by atoms with E-state index in [9.17, 15) is 0 Å². The highest BCUT2D eigenvalue weighted by molar-refractivity contribution is 4.96. The van der Waals surface area contributed by atoms with E-state index in [1.54, 1.807) is 0 Å². The second-order valence-electron chi connectivity index (χ2n) is 5.93. The molecule has 4 nitrogen and oxygen atoms in total. The maximum atomic E-state index is 5.71. The van der Waals surface area contributed by atoms with Crippen molar-refractivity contribution in [3.8, 4) is 0 Å². The summed E-state index contributed by atoms with van der Waals surface area (Å²) in [5.41, 5.74) is 5.71. The fourth-order valence-electron chi connectivity index (χ4n) is 2.60. The molecule has 0 radical (unpaired) electrons. The standard InChI is InChI=1S/C14H25N3O/c1-10(2)3-8-13-16-14(18-17-13)12-6-4-11(9-15)5-7-12/h10-12H,3-9,15H2,1-2H3. The number of hydrogen-bond acceptors (Lipinski definition) is 4. The molecule has 1 aromatic rings. The van der Waals surface area contributed by atoms with Gasteiger partial charge in [-0.1, -0.05) is 19.0 Å². The van der Waals surface area contributed by atoms with Gasteiger partial charge in [-0.3, -0.25) is 0 Å². The minimum absolute atomic E-state index is 0.466. The van der Waals surface area contributed by atoms with E-state index >= 15 is 0 Å². The molecule has 102 valence electrons. The lowest BCUT2D eigenvalue weighted by Crippen LogP contribution is -2.20. The SMILES string of the molecule is CC(C)CCc1noc(C2CCC(CN)CC2)n1. The average molecular weight is 251 g/mol. The molecule has 0 spiro atoms. The molecular formula is C14H25N3O. The van der Waals surface area contributed by atoms with Crippen LogP contribution in [-0.4, -0.2) is 16.7 Å². The number of aryl methyl sites for hydroxylation is 1. The molecule has 0 atom stereocenters. The molecule has 1 aliphatic rings. The maximum absolute atomic E-state index is 5.71. The van der Waals surface area contributed by atoms with Crippen LogP contribution in [0.5, 0.6) is 0 Å². The zero-order chi connectivity index (χ0) is 13.0. The van der Waals surface area contributed by atoms with Crippen LogP contribution >= 0.6 is 0 Å². The number of nitrogens with zero attached hydrogens (tertiary/aromatic N) is 2. The van der Waals surface area contributed by atoms with Gasteiger partial charge >= 0.3 is 0 Å². The molecule has 0 bridgehead atoms. The van der Waals surface area contributed by atoms with E-state index < -0.39 is 0 Å². The van der Waals surface area contributed by atoms with Crippen molar-refractivity contribution in [2.45, 2.75) is 58.3 Å². The van der Waals surface area contributed by atoms with Crippen LogP contribution in [0.2, 0.25) is 0 Å². The van der Waals surface area contributed by atoms with Gasteiger partial charge in [0.1, 0.15) is 0 Å². The summed E-state index contributed by atoms with van der Waals surface area (Å²) in [6, 6.07) is 0. The number of nitrogens with two attached hydrogens (primary N) is 1. The Hall–Kier alpha value is -0.900. The first-order chi connectivity index (χ1) is 8.69. The Morgan fingerprint density at radius 3 is 2.61 bits per heavy atom. The monoisotopic (exact) mass is 251 g/mol. The molecule has 0 aromatic carbocycles. The first kappa shape index (κ1) is 13.5. The third kappa shape index (κ3) is 3.55. The third-order valence-electron chi connectivity index (χ3n) is 3.96. The van der Waals surface area contributed by atoms with Crippen molar-refractivity contribution in [2.24, 2.45) is 17.6 Å². The van der Waals surface area contributed by atoms with Gasteiger partial charge in [-0.25, -0.2) is 0 Å². The van der Waals surface area contributed by atoms with Gasteiger partial charge in [0.05, 0.1) is 0 Å². The van der Waals surface area contributed by atoms with E-state index in [2.05, 4.69) is 24.0 Å². The van der Waals surface area contributed by atoms with Gasteiger partial charge in [-0.05, 0) is 50.5 Å². The van der Waals surface area contributed by atoms with Gasteiger partial charge in [0.2, 0.25) is 5.89 Å². The molecule has 1 aliphatic carbocycles. The first-order valence-corrected chi connectivity index (χ1v) is 7.21. The summed E-state index contributed by atoms with van der Waals surface area (Å²) in [6.45, 7) is 5.25. The number of hydrogen-bond donors (Lipinski definition) is 1. The zero-order valence-corrected chi connectivity index (χ0v) is 11.6. The molecule has 0 aliphatic heterocycles. The fraction of sp³-hybridized carbons (Fsp3) is 0.857. The fourth-order valence-corrected chi connectivity index (χ4v) is 2.60. The van der Waals surface area contributed by atoms with Crippen LogP contribution in [0.1, 0.15) is 63.6 Å². The lowest BCUT2D eigenvalue weighted by Gasteiger charge is -2.24. The van der Waals surface area contributed by atoms with Crippen molar-refractivity contribution < 1.29 is 4.52 Å². The van der Waals surface area contributed by atoms with Gasteiger partial charge in [0.15, 0.2) is 5.82 Å². The van der Waals surface area contributed by atoms with Crippen molar-refractivity contribution in [1.82, 2.24) is 10.1 Å². The van der Waals surface area contributed by atoms with Crippen molar-refractivity contribution in [3.63, 3.8) is 0 Å². The van der Waals surface area contributed by atoms with Crippen LogP contribution in [-0.2, 0) is 6.42 Å². The Kier molecular flexibility index (Phi) is 4.75. The quantitative estimate of drug-likeness (QED) is 0.874. The van der Waals surface area contributed by atoms with Gasteiger partial charge in [0, 0.05) is 12.3 Å². The summed E-state index contributed by atoms with van der Waals surface area (Å²) in [4.78, 5) is 4.55. The molecule has 0 saturated heterocycles. The summed E-state index contributed by atoms with van der Waals surface area (Å²) in [7, 11) is 0. The largest absolute Gasteiger partial charge is 0.339 e. The topological polar surface area (TPSA) is 64.9 Å². The van der Waals surface area contributed by atoms with Crippen molar-refractivity contribution in [3.05, 3.63) is 11.7 Å².